The predicted molar refractivity (Wildman–Crippen MR) is 76.7 cm³/mol. The fraction of sp³-hybridized carbons (Fsp3) is 0.714. The van der Waals surface area contributed by atoms with Gasteiger partial charge in [-0.25, -0.2) is 5.43 Å². The van der Waals surface area contributed by atoms with Crippen LogP contribution in [0.3, 0.4) is 0 Å². The van der Waals surface area contributed by atoms with Crippen molar-refractivity contribution in [3.05, 3.63) is 24.2 Å². The minimum Gasteiger partial charge on any atom is -0.468 e. The van der Waals surface area contributed by atoms with Crippen LogP contribution < -0.4 is 11.3 Å². The monoisotopic (exact) mass is 282 g/mol. The molecule has 19 heavy (non-hydrogen) atoms. The summed E-state index contributed by atoms with van der Waals surface area (Å²) in [5, 5.41) is 0. The van der Waals surface area contributed by atoms with Crippen molar-refractivity contribution in [1.29, 1.82) is 0 Å². The smallest absolute Gasteiger partial charge is 0.122 e. The van der Waals surface area contributed by atoms with Gasteiger partial charge in [0.15, 0.2) is 0 Å². The predicted octanol–water partition coefficient (Wildman–Crippen LogP) is 2.48. The van der Waals surface area contributed by atoms with Crippen molar-refractivity contribution >= 4 is 11.8 Å². The van der Waals surface area contributed by atoms with Crippen LogP contribution in [0.1, 0.15) is 37.5 Å². The molecule has 0 aliphatic carbocycles. The Kier molecular flexibility index (Phi) is 4.17. The van der Waals surface area contributed by atoms with E-state index in [0.717, 1.165) is 25.2 Å². The SMILES string of the molecule is NNC(c1ccco1)C1CCOC2(CCSCC2)C1. The lowest BCUT2D eigenvalue weighted by atomic mass is 9.78. The molecule has 3 N–H and O–H groups in total. The van der Waals surface area contributed by atoms with Crippen molar-refractivity contribution < 1.29 is 9.15 Å². The summed E-state index contributed by atoms with van der Waals surface area (Å²) in [4.78, 5) is 0. The second kappa shape index (κ2) is 5.87. The second-order valence-corrected chi connectivity index (χ2v) is 6.78. The van der Waals surface area contributed by atoms with Gasteiger partial charge in [0.1, 0.15) is 5.76 Å². The molecule has 4 nitrogen and oxygen atoms in total. The molecule has 2 fully saturated rings. The molecule has 2 unspecified atom stereocenters. The maximum Gasteiger partial charge on any atom is 0.122 e. The molecule has 106 valence electrons. The molecule has 3 heterocycles. The molecule has 1 aromatic heterocycles. The van der Waals surface area contributed by atoms with Crippen molar-refractivity contribution in [2.45, 2.75) is 37.3 Å². The number of hydrogen-bond acceptors (Lipinski definition) is 5. The number of rotatable bonds is 3. The molecule has 5 heteroatoms. The zero-order valence-corrected chi connectivity index (χ0v) is 12.0. The Hall–Kier alpha value is -0.490. The summed E-state index contributed by atoms with van der Waals surface area (Å²) in [6, 6.07) is 4.03. The lowest BCUT2D eigenvalue weighted by Gasteiger charge is -2.44. The summed E-state index contributed by atoms with van der Waals surface area (Å²) < 4.78 is 11.7. The van der Waals surface area contributed by atoms with Gasteiger partial charge in [-0.05, 0) is 55.2 Å². The average molecular weight is 282 g/mol. The number of ether oxygens (including phenoxy) is 1. The highest BCUT2D eigenvalue weighted by Gasteiger charge is 2.41. The lowest BCUT2D eigenvalue weighted by molar-refractivity contribution is -0.108. The quantitative estimate of drug-likeness (QED) is 0.659. The molecule has 1 spiro atoms. The Bertz CT molecular complexity index is 385. The summed E-state index contributed by atoms with van der Waals surface area (Å²) in [5.41, 5.74) is 3.03. The molecule has 0 radical (unpaired) electrons. The average Bonchev–Trinajstić information content (AvgIpc) is 2.95. The summed E-state index contributed by atoms with van der Waals surface area (Å²) in [6.45, 7) is 0.841. The summed E-state index contributed by atoms with van der Waals surface area (Å²) >= 11 is 2.04. The van der Waals surface area contributed by atoms with Crippen LogP contribution in [0, 0.1) is 5.92 Å². The van der Waals surface area contributed by atoms with E-state index in [0.29, 0.717) is 5.92 Å². The van der Waals surface area contributed by atoms with Gasteiger partial charge in [-0.2, -0.15) is 11.8 Å². The fourth-order valence-electron chi connectivity index (χ4n) is 3.36. The fourth-order valence-corrected chi connectivity index (χ4v) is 4.60. The summed E-state index contributed by atoms with van der Waals surface area (Å²) in [5.74, 6) is 9.62. The van der Waals surface area contributed by atoms with Gasteiger partial charge in [0.2, 0.25) is 0 Å². The Balaban J connectivity index is 1.73. The van der Waals surface area contributed by atoms with Crippen molar-refractivity contribution in [3.63, 3.8) is 0 Å². The molecule has 0 amide bonds. The third-order valence-corrected chi connectivity index (χ3v) is 5.42. The molecule has 2 atom stereocenters. The first-order valence-corrected chi connectivity index (χ1v) is 8.20. The molecular formula is C14H22N2O2S. The lowest BCUT2D eigenvalue weighted by Crippen LogP contribution is -2.46. The van der Waals surface area contributed by atoms with E-state index in [4.69, 9.17) is 15.0 Å². The Morgan fingerprint density at radius 1 is 1.42 bits per heavy atom. The molecule has 2 aliphatic heterocycles. The summed E-state index contributed by atoms with van der Waals surface area (Å²) in [7, 11) is 0. The normalized spacial score (nSPS) is 28.4. The first kappa shape index (κ1) is 13.5. The van der Waals surface area contributed by atoms with E-state index in [1.165, 1.54) is 24.3 Å². The van der Waals surface area contributed by atoms with E-state index in [1.54, 1.807) is 6.26 Å². The molecule has 0 bridgehead atoms. The van der Waals surface area contributed by atoms with Gasteiger partial charge in [-0.1, -0.05) is 0 Å². The van der Waals surface area contributed by atoms with Gasteiger partial charge in [0.25, 0.3) is 0 Å². The largest absolute Gasteiger partial charge is 0.468 e. The number of nitrogens with two attached hydrogens (primary N) is 1. The zero-order chi connectivity index (χ0) is 13.1. The van der Waals surface area contributed by atoms with E-state index in [-0.39, 0.29) is 11.6 Å². The van der Waals surface area contributed by atoms with E-state index < -0.39 is 0 Å². The third kappa shape index (κ3) is 2.84. The first-order chi connectivity index (χ1) is 9.33. The number of nitrogens with one attached hydrogen (secondary N) is 1. The van der Waals surface area contributed by atoms with Crippen LogP contribution in [-0.2, 0) is 4.74 Å². The second-order valence-electron chi connectivity index (χ2n) is 5.56. The van der Waals surface area contributed by atoms with E-state index in [2.05, 4.69) is 5.43 Å². The van der Waals surface area contributed by atoms with Crippen LogP contribution in [0.4, 0.5) is 0 Å². The highest BCUT2D eigenvalue weighted by molar-refractivity contribution is 7.99. The van der Waals surface area contributed by atoms with E-state index in [9.17, 15) is 0 Å². The van der Waals surface area contributed by atoms with Crippen LogP contribution in [0.5, 0.6) is 0 Å². The standard InChI is InChI=1S/C14H22N2O2S/c15-16-13(12-2-1-6-17-12)11-3-7-18-14(10-11)4-8-19-9-5-14/h1-2,6,11,13,16H,3-5,7-10,15H2. The molecule has 0 saturated carbocycles. The number of thioether (sulfide) groups is 1. The zero-order valence-electron chi connectivity index (χ0n) is 11.1. The van der Waals surface area contributed by atoms with Crippen molar-refractivity contribution in [1.82, 2.24) is 5.43 Å². The van der Waals surface area contributed by atoms with Gasteiger partial charge < -0.3 is 9.15 Å². The van der Waals surface area contributed by atoms with Crippen LogP contribution in [0.25, 0.3) is 0 Å². The van der Waals surface area contributed by atoms with Crippen molar-refractivity contribution in [2.24, 2.45) is 11.8 Å². The molecular weight excluding hydrogens is 260 g/mol. The third-order valence-electron chi connectivity index (χ3n) is 4.44. The maximum absolute atomic E-state index is 6.14. The highest BCUT2D eigenvalue weighted by atomic mass is 32.2. The molecule has 2 saturated heterocycles. The topological polar surface area (TPSA) is 60.4 Å². The van der Waals surface area contributed by atoms with Gasteiger partial charge in [-0.3, -0.25) is 5.84 Å². The molecule has 2 aliphatic rings. The van der Waals surface area contributed by atoms with E-state index >= 15 is 0 Å². The van der Waals surface area contributed by atoms with Crippen molar-refractivity contribution in [3.8, 4) is 0 Å². The van der Waals surface area contributed by atoms with Gasteiger partial charge in [0, 0.05) is 6.61 Å². The molecule has 0 aromatic carbocycles. The molecule has 3 rings (SSSR count). The maximum atomic E-state index is 6.14. The minimum atomic E-state index is 0.0931. The minimum absolute atomic E-state index is 0.0931. The Morgan fingerprint density at radius 2 is 2.26 bits per heavy atom. The van der Waals surface area contributed by atoms with Crippen LogP contribution in [0.2, 0.25) is 0 Å². The summed E-state index contributed by atoms with van der Waals surface area (Å²) in [6.07, 6.45) is 6.19. The van der Waals surface area contributed by atoms with Gasteiger partial charge in [0.05, 0.1) is 17.9 Å². The molecule has 1 aromatic rings. The number of hydrogen-bond donors (Lipinski definition) is 2. The van der Waals surface area contributed by atoms with E-state index in [1.807, 2.05) is 23.9 Å². The van der Waals surface area contributed by atoms with Gasteiger partial charge in [-0.15, -0.1) is 0 Å². The van der Waals surface area contributed by atoms with Crippen molar-refractivity contribution in [2.75, 3.05) is 18.1 Å². The number of hydrazine groups is 1. The van der Waals surface area contributed by atoms with Gasteiger partial charge >= 0.3 is 0 Å². The van der Waals surface area contributed by atoms with Crippen LogP contribution >= 0.6 is 11.8 Å². The highest BCUT2D eigenvalue weighted by Crippen LogP contribution is 2.43. The first-order valence-electron chi connectivity index (χ1n) is 7.04. The Morgan fingerprint density at radius 3 is 2.95 bits per heavy atom. The Labute approximate surface area is 118 Å². The number of furan rings is 1. The van der Waals surface area contributed by atoms with Crippen LogP contribution in [0.15, 0.2) is 22.8 Å². The van der Waals surface area contributed by atoms with Crippen LogP contribution in [-0.4, -0.2) is 23.7 Å².